The van der Waals surface area contributed by atoms with Gasteiger partial charge in [-0.3, -0.25) is 4.79 Å². The van der Waals surface area contributed by atoms with Crippen molar-refractivity contribution in [2.75, 3.05) is 19.0 Å². The largest absolute Gasteiger partial charge is 0.493 e. The number of halogens is 2. The second kappa shape index (κ2) is 9.72. The summed E-state index contributed by atoms with van der Waals surface area (Å²) < 4.78 is 34.2. The number of carbonyl (C=O) groups excluding carboxylic acids is 1. The number of alkyl halides is 2. The molecule has 0 aliphatic heterocycles. The van der Waals surface area contributed by atoms with Gasteiger partial charge in [0.25, 0.3) is 0 Å². The Balaban J connectivity index is 1.81. The molecule has 2 aromatic carbocycles. The number of hydrogen-bond donors (Lipinski definition) is 2. The predicted molar refractivity (Wildman–Crippen MR) is 95.8 cm³/mol. The van der Waals surface area contributed by atoms with Gasteiger partial charge in [0.1, 0.15) is 0 Å². The first-order chi connectivity index (χ1) is 12.5. The zero-order valence-corrected chi connectivity index (χ0v) is 14.7. The molecule has 0 radical (unpaired) electrons. The summed E-state index contributed by atoms with van der Waals surface area (Å²) in [6.45, 7) is -0.0137. The molecule has 140 valence electrons. The van der Waals surface area contributed by atoms with Crippen molar-refractivity contribution in [2.45, 2.75) is 26.5 Å². The number of rotatable bonds is 9. The van der Waals surface area contributed by atoms with Crippen molar-refractivity contribution in [1.29, 1.82) is 0 Å². The topological polar surface area (TPSA) is 59.6 Å². The highest BCUT2D eigenvalue weighted by Crippen LogP contribution is 2.29. The maximum atomic E-state index is 12.3. The average Bonchev–Trinajstić information content (AvgIpc) is 2.60. The molecule has 5 nitrogen and oxygen atoms in total. The molecule has 26 heavy (non-hydrogen) atoms. The summed E-state index contributed by atoms with van der Waals surface area (Å²) in [5.41, 5.74) is 2.81. The van der Waals surface area contributed by atoms with Crippen molar-refractivity contribution in [2.24, 2.45) is 0 Å². The molecule has 0 unspecified atom stereocenters. The molecular weight excluding hydrogens is 342 g/mol. The van der Waals surface area contributed by atoms with Gasteiger partial charge in [0, 0.05) is 19.2 Å². The summed E-state index contributed by atoms with van der Waals surface area (Å²) >= 11 is 0. The molecule has 2 aromatic rings. The van der Waals surface area contributed by atoms with Crippen molar-refractivity contribution in [1.82, 2.24) is 5.32 Å². The van der Waals surface area contributed by atoms with Crippen LogP contribution in [0.3, 0.4) is 0 Å². The number of carbonyl (C=O) groups is 1. The monoisotopic (exact) mass is 364 g/mol. The van der Waals surface area contributed by atoms with Gasteiger partial charge in [-0.25, -0.2) is 0 Å². The van der Waals surface area contributed by atoms with Gasteiger partial charge in [0.05, 0.1) is 7.11 Å². The number of ether oxygens (including phenoxy) is 2. The van der Waals surface area contributed by atoms with Crippen molar-refractivity contribution >= 4 is 11.6 Å². The number of nitrogens with one attached hydrogen (secondary N) is 2. The van der Waals surface area contributed by atoms with E-state index in [9.17, 15) is 13.6 Å². The van der Waals surface area contributed by atoms with E-state index in [4.69, 9.17) is 4.74 Å². The third-order valence-electron chi connectivity index (χ3n) is 3.64. The zero-order valence-electron chi connectivity index (χ0n) is 14.7. The predicted octanol–water partition coefficient (Wildman–Crippen LogP) is 3.59. The molecule has 0 saturated carbocycles. The van der Waals surface area contributed by atoms with Crippen molar-refractivity contribution in [3.05, 3.63) is 53.6 Å². The fourth-order valence-corrected chi connectivity index (χ4v) is 2.44. The van der Waals surface area contributed by atoms with Gasteiger partial charge in [-0.1, -0.05) is 18.2 Å². The lowest BCUT2D eigenvalue weighted by Gasteiger charge is -2.12. The number of amides is 1. The highest BCUT2D eigenvalue weighted by atomic mass is 19.3. The average molecular weight is 364 g/mol. The molecule has 7 heteroatoms. The van der Waals surface area contributed by atoms with E-state index in [1.54, 1.807) is 12.1 Å². The lowest BCUT2D eigenvalue weighted by molar-refractivity contribution is -0.114. The molecule has 2 rings (SSSR count). The Kier molecular flexibility index (Phi) is 7.35. The van der Waals surface area contributed by atoms with Crippen LogP contribution in [0.25, 0.3) is 0 Å². The van der Waals surface area contributed by atoms with Gasteiger partial charge in [-0.05, 0) is 48.4 Å². The van der Waals surface area contributed by atoms with Crippen LogP contribution in [-0.2, 0) is 17.8 Å². The van der Waals surface area contributed by atoms with Gasteiger partial charge in [0.15, 0.2) is 11.5 Å². The van der Waals surface area contributed by atoms with Gasteiger partial charge in [-0.15, -0.1) is 0 Å². The Labute approximate surface area is 151 Å². The van der Waals surface area contributed by atoms with Gasteiger partial charge < -0.3 is 20.1 Å². The molecule has 0 saturated heterocycles. The van der Waals surface area contributed by atoms with E-state index < -0.39 is 6.61 Å². The molecule has 2 N–H and O–H groups in total. The maximum absolute atomic E-state index is 12.3. The van der Waals surface area contributed by atoms with E-state index in [-0.39, 0.29) is 17.4 Å². The minimum atomic E-state index is -2.88. The molecule has 0 aromatic heterocycles. The number of benzene rings is 2. The third kappa shape index (κ3) is 6.33. The normalized spacial score (nSPS) is 10.7. The molecule has 0 atom stereocenters. The third-order valence-corrected chi connectivity index (χ3v) is 3.64. The van der Waals surface area contributed by atoms with E-state index in [0.717, 1.165) is 23.2 Å². The molecular formula is C19H22F2N2O3. The van der Waals surface area contributed by atoms with Crippen LogP contribution in [0.5, 0.6) is 11.5 Å². The summed E-state index contributed by atoms with van der Waals surface area (Å²) in [6.07, 6.45) is 0.718. The number of anilines is 1. The molecule has 0 bridgehead atoms. The fourth-order valence-electron chi connectivity index (χ4n) is 2.44. The second-order valence-corrected chi connectivity index (χ2v) is 5.67. The highest BCUT2D eigenvalue weighted by molar-refractivity contribution is 5.88. The first kappa shape index (κ1) is 19.7. The first-order valence-electron chi connectivity index (χ1n) is 8.17. The van der Waals surface area contributed by atoms with E-state index >= 15 is 0 Å². The maximum Gasteiger partial charge on any atom is 0.387 e. The summed E-state index contributed by atoms with van der Waals surface area (Å²) in [4.78, 5) is 11.0. The minimum Gasteiger partial charge on any atom is -0.493 e. The number of methoxy groups -OCH3 is 1. The zero-order chi connectivity index (χ0) is 18.9. The van der Waals surface area contributed by atoms with E-state index in [2.05, 4.69) is 15.4 Å². The van der Waals surface area contributed by atoms with Crippen LogP contribution in [-0.4, -0.2) is 26.2 Å². The highest BCUT2D eigenvalue weighted by Gasteiger charge is 2.10. The van der Waals surface area contributed by atoms with Crippen LogP contribution in [0.2, 0.25) is 0 Å². The van der Waals surface area contributed by atoms with Gasteiger partial charge >= 0.3 is 6.61 Å². The minimum absolute atomic E-state index is 0.0264. The SMILES string of the molecule is COc1cc(CCNCc2ccc(NC(C)=O)cc2)ccc1OC(F)F. The van der Waals surface area contributed by atoms with Crippen LogP contribution < -0.4 is 20.1 Å². The van der Waals surface area contributed by atoms with Gasteiger partial charge in [0.2, 0.25) is 5.91 Å². The van der Waals surface area contributed by atoms with Crippen LogP contribution in [0.15, 0.2) is 42.5 Å². The van der Waals surface area contributed by atoms with Crippen molar-refractivity contribution in [3.63, 3.8) is 0 Å². The van der Waals surface area contributed by atoms with Crippen LogP contribution in [0.1, 0.15) is 18.1 Å². The van der Waals surface area contributed by atoms with Crippen molar-refractivity contribution < 1.29 is 23.0 Å². The van der Waals surface area contributed by atoms with E-state index in [1.165, 1.54) is 20.1 Å². The Morgan fingerprint density at radius 3 is 2.38 bits per heavy atom. The Morgan fingerprint density at radius 1 is 1.08 bits per heavy atom. The fraction of sp³-hybridized carbons (Fsp3) is 0.316. The second-order valence-electron chi connectivity index (χ2n) is 5.67. The number of hydrogen-bond acceptors (Lipinski definition) is 4. The van der Waals surface area contributed by atoms with E-state index in [1.807, 2.05) is 24.3 Å². The Hall–Kier alpha value is -2.67. The molecule has 0 aliphatic rings. The lowest BCUT2D eigenvalue weighted by atomic mass is 10.1. The molecule has 0 fully saturated rings. The Bertz CT molecular complexity index is 721. The summed E-state index contributed by atoms with van der Waals surface area (Å²) in [5, 5.41) is 6.03. The van der Waals surface area contributed by atoms with Crippen LogP contribution >= 0.6 is 0 Å². The molecule has 0 aliphatic carbocycles. The lowest BCUT2D eigenvalue weighted by Crippen LogP contribution is -2.16. The van der Waals surface area contributed by atoms with Crippen molar-refractivity contribution in [3.8, 4) is 11.5 Å². The smallest absolute Gasteiger partial charge is 0.387 e. The summed E-state index contributed by atoms with van der Waals surface area (Å²) in [7, 11) is 1.42. The van der Waals surface area contributed by atoms with E-state index in [0.29, 0.717) is 13.1 Å². The first-order valence-corrected chi connectivity index (χ1v) is 8.17. The standard InChI is InChI=1S/C19H22F2N2O3/c1-13(24)23-16-6-3-15(4-7-16)12-22-10-9-14-5-8-17(26-19(20)21)18(11-14)25-2/h3-8,11,19,22H,9-10,12H2,1-2H3,(H,23,24). The summed E-state index contributed by atoms with van der Waals surface area (Å²) in [5.74, 6) is 0.214. The van der Waals surface area contributed by atoms with Crippen LogP contribution in [0, 0.1) is 0 Å². The molecule has 1 amide bonds. The summed E-state index contributed by atoms with van der Waals surface area (Å²) in [6, 6.07) is 12.5. The van der Waals surface area contributed by atoms with Gasteiger partial charge in [-0.2, -0.15) is 8.78 Å². The van der Waals surface area contributed by atoms with Crippen LogP contribution in [0.4, 0.5) is 14.5 Å². The Morgan fingerprint density at radius 2 is 1.77 bits per heavy atom. The molecule has 0 spiro atoms. The quantitative estimate of drug-likeness (QED) is 0.668. The molecule has 0 heterocycles.